The molecule has 0 aliphatic rings. The van der Waals surface area contributed by atoms with Gasteiger partial charge in [-0.3, -0.25) is 9.59 Å². The van der Waals surface area contributed by atoms with Gasteiger partial charge >= 0.3 is 0 Å². The second-order valence-corrected chi connectivity index (χ2v) is 4.01. The molecule has 0 atom stereocenters. The molecule has 3 N–H and O–H groups in total. The number of aromatic nitrogens is 1. The van der Waals surface area contributed by atoms with Crippen LogP contribution in [0.15, 0.2) is 30.3 Å². The van der Waals surface area contributed by atoms with Crippen molar-refractivity contribution < 1.29 is 14.0 Å². The lowest BCUT2D eigenvalue weighted by Gasteiger charge is -2.04. The Morgan fingerprint density at radius 2 is 2.05 bits per heavy atom. The lowest BCUT2D eigenvalue weighted by Crippen LogP contribution is -2.28. The van der Waals surface area contributed by atoms with Gasteiger partial charge in [0.1, 0.15) is 11.5 Å². The van der Waals surface area contributed by atoms with E-state index in [0.717, 1.165) is 0 Å². The lowest BCUT2D eigenvalue weighted by molar-refractivity contribution is -0.117. The maximum atomic E-state index is 13.0. The van der Waals surface area contributed by atoms with E-state index in [0.29, 0.717) is 10.9 Å². The van der Waals surface area contributed by atoms with Gasteiger partial charge in [0.25, 0.3) is 5.91 Å². The number of benzene rings is 1. The summed E-state index contributed by atoms with van der Waals surface area (Å²) < 4.78 is 13.0. The largest absolute Gasteiger partial charge is 0.370 e. The molecule has 0 unspecified atom stereocenters. The van der Waals surface area contributed by atoms with Crippen LogP contribution in [0.4, 0.5) is 4.39 Å². The Morgan fingerprint density at radius 3 is 2.79 bits per heavy atom. The zero-order valence-electron chi connectivity index (χ0n) is 10.0. The molecule has 0 aliphatic heterocycles. The summed E-state index contributed by atoms with van der Waals surface area (Å²) in [7, 11) is 0. The number of halogens is 1. The Kier molecular flexibility index (Phi) is 3.70. The number of pyridine rings is 1. The Bertz CT molecular complexity index is 643. The van der Waals surface area contributed by atoms with Crippen molar-refractivity contribution >= 4 is 22.7 Å². The molecule has 2 aromatic rings. The standard InChI is InChI=1S/C13H12FN3O2/c14-9-2-4-10-8(7-9)1-3-11(17-10)13(19)16-6-5-12(15)18/h1-4,7H,5-6H2,(H2,15,18)(H,16,19). The maximum absolute atomic E-state index is 13.0. The van der Waals surface area contributed by atoms with E-state index in [4.69, 9.17) is 5.73 Å². The quantitative estimate of drug-likeness (QED) is 0.860. The van der Waals surface area contributed by atoms with E-state index in [1.165, 1.54) is 24.3 Å². The van der Waals surface area contributed by atoms with E-state index in [1.807, 2.05) is 0 Å². The average molecular weight is 261 g/mol. The molecule has 19 heavy (non-hydrogen) atoms. The fourth-order valence-electron chi connectivity index (χ4n) is 1.61. The second-order valence-electron chi connectivity index (χ2n) is 4.01. The Balaban J connectivity index is 2.14. The van der Waals surface area contributed by atoms with E-state index >= 15 is 0 Å². The zero-order chi connectivity index (χ0) is 13.8. The van der Waals surface area contributed by atoms with Gasteiger partial charge in [0.2, 0.25) is 5.91 Å². The minimum Gasteiger partial charge on any atom is -0.370 e. The van der Waals surface area contributed by atoms with Crippen molar-refractivity contribution in [2.45, 2.75) is 6.42 Å². The van der Waals surface area contributed by atoms with Crippen molar-refractivity contribution in [3.63, 3.8) is 0 Å². The van der Waals surface area contributed by atoms with Gasteiger partial charge in [-0.1, -0.05) is 6.07 Å². The number of nitrogens with one attached hydrogen (secondary N) is 1. The molecule has 2 rings (SSSR count). The third kappa shape index (κ3) is 3.25. The molecule has 1 aromatic heterocycles. The summed E-state index contributed by atoms with van der Waals surface area (Å²) in [5.74, 6) is -1.23. The van der Waals surface area contributed by atoms with E-state index in [-0.39, 0.29) is 24.5 Å². The van der Waals surface area contributed by atoms with Crippen LogP contribution in [0.25, 0.3) is 10.9 Å². The van der Waals surface area contributed by atoms with Crippen LogP contribution in [0.2, 0.25) is 0 Å². The first kappa shape index (κ1) is 12.9. The fourth-order valence-corrected chi connectivity index (χ4v) is 1.61. The van der Waals surface area contributed by atoms with Crippen molar-refractivity contribution in [1.29, 1.82) is 0 Å². The average Bonchev–Trinajstić information content (AvgIpc) is 2.37. The summed E-state index contributed by atoms with van der Waals surface area (Å²) in [4.78, 5) is 26.4. The fraction of sp³-hybridized carbons (Fsp3) is 0.154. The first-order valence-electron chi connectivity index (χ1n) is 5.69. The molecule has 0 spiro atoms. The van der Waals surface area contributed by atoms with Gasteiger partial charge in [0.15, 0.2) is 0 Å². The van der Waals surface area contributed by atoms with Crippen molar-refractivity contribution in [3.05, 3.63) is 41.8 Å². The smallest absolute Gasteiger partial charge is 0.269 e. The summed E-state index contributed by atoms with van der Waals surface area (Å²) >= 11 is 0. The topological polar surface area (TPSA) is 85.1 Å². The monoisotopic (exact) mass is 261 g/mol. The molecular formula is C13H12FN3O2. The maximum Gasteiger partial charge on any atom is 0.269 e. The van der Waals surface area contributed by atoms with Gasteiger partial charge in [-0.05, 0) is 24.3 Å². The molecule has 5 nitrogen and oxygen atoms in total. The summed E-state index contributed by atoms with van der Waals surface area (Å²) in [6.45, 7) is 0.164. The molecule has 98 valence electrons. The van der Waals surface area contributed by atoms with E-state index in [9.17, 15) is 14.0 Å². The number of amides is 2. The summed E-state index contributed by atoms with van der Waals surface area (Å²) in [5.41, 5.74) is 5.71. The van der Waals surface area contributed by atoms with Gasteiger partial charge in [-0.15, -0.1) is 0 Å². The van der Waals surface area contributed by atoms with Crippen molar-refractivity contribution in [1.82, 2.24) is 10.3 Å². The third-order valence-electron chi connectivity index (χ3n) is 2.54. The number of fused-ring (bicyclic) bond motifs is 1. The highest BCUT2D eigenvalue weighted by atomic mass is 19.1. The van der Waals surface area contributed by atoms with Crippen LogP contribution in [0.1, 0.15) is 16.9 Å². The third-order valence-corrected chi connectivity index (χ3v) is 2.54. The molecule has 0 radical (unpaired) electrons. The normalized spacial score (nSPS) is 10.4. The highest BCUT2D eigenvalue weighted by Crippen LogP contribution is 2.14. The SMILES string of the molecule is NC(=O)CCNC(=O)c1ccc2cc(F)ccc2n1. The number of carbonyl (C=O) groups excluding carboxylic acids is 2. The number of carbonyl (C=O) groups is 2. The number of hydrogen-bond acceptors (Lipinski definition) is 3. The molecule has 1 heterocycles. The molecule has 1 aromatic carbocycles. The van der Waals surface area contributed by atoms with E-state index in [2.05, 4.69) is 10.3 Å². The van der Waals surface area contributed by atoms with Crippen molar-refractivity contribution in [3.8, 4) is 0 Å². The predicted molar refractivity (Wildman–Crippen MR) is 67.8 cm³/mol. The number of primary amides is 1. The van der Waals surface area contributed by atoms with Gasteiger partial charge in [-0.25, -0.2) is 9.37 Å². The van der Waals surface area contributed by atoms with Gasteiger partial charge < -0.3 is 11.1 Å². The van der Waals surface area contributed by atoms with Gasteiger partial charge in [0.05, 0.1) is 5.52 Å². The number of rotatable bonds is 4. The highest BCUT2D eigenvalue weighted by Gasteiger charge is 2.08. The number of nitrogens with two attached hydrogens (primary N) is 1. The number of hydrogen-bond donors (Lipinski definition) is 2. The summed E-state index contributed by atoms with van der Waals surface area (Å²) in [6, 6.07) is 7.25. The van der Waals surface area contributed by atoms with E-state index < -0.39 is 11.8 Å². The lowest BCUT2D eigenvalue weighted by atomic mass is 10.2. The van der Waals surface area contributed by atoms with Crippen LogP contribution in [0.5, 0.6) is 0 Å². The van der Waals surface area contributed by atoms with Crippen LogP contribution >= 0.6 is 0 Å². The Labute approximate surface area is 108 Å². The predicted octanol–water partition coefficient (Wildman–Crippen LogP) is 0.979. The molecule has 0 fully saturated rings. The van der Waals surface area contributed by atoms with Crippen LogP contribution in [-0.2, 0) is 4.79 Å². The Hall–Kier alpha value is -2.50. The summed E-state index contributed by atoms with van der Waals surface area (Å²) in [5, 5.41) is 3.15. The summed E-state index contributed by atoms with van der Waals surface area (Å²) in [6.07, 6.45) is 0.0739. The highest BCUT2D eigenvalue weighted by molar-refractivity contribution is 5.95. The van der Waals surface area contributed by atoms with Gasteiger partial charge in [0, 0.05) is 18.4 Å². The molecule has 0 saturated heterocycles. The molecule has 0 aliphatic carbocycles. The first-order chi connectivity index (χ1) is 9.06. The van der Waals surface area contributed by atoms with Crippen LogP contribution in [-0.4, -0.2) is 23.3 Å². The van der Waals surface area contributed by atoms with Crippen LogP contribution in [0, 0.1) is 5.82 Å². The zero-order valence-corrected chi connectivity index (χ0v) is 10.0. The van der Waals surface area contributed by atoms with Crippen molar-refractivity contribution in [2.75, 3.05) is 6.54 Å². The van der Waals surface area contributed by atoms with Crippen molar-refractivity contribution in [2.24, 2.45) is 5.73 Å². The van der Waals surface area contributed by atoms with Crippen LogP contribution in [0.3, 0.4) is 0 Å². The second kappa shape index (κ2) is 5.43. The molecule has 6 heteroatoms. The Morgan fingerprint density at radius 1 is 1.26 bits per heavy atom. The molecule has 2 amide bonds. The van der Waals surface area contributed by atoms with Gasteiger partial charge in [-0.2, -0.15) is 0 Å². The van der Waals surface area contributed by atoms with E-state index in [1.54, 1.807) is 6.07 Å². The molecular weight excluding hydrogens is 249 g/mol. The minimum absolute atomic E-state index is 0.0739. The molecule has 0 bridgehead atoms. The first-order valence-corrected chi connectivity index (χ1v) is 5.69. The number of nitrogens with zero attached hydrogens (tertiary/aromatic N) is 1. The molecule has 0 saturated carbocycles. The van der Waals surface area contributed by atoms with Crippen LogP contribution < -0.4 is 11.1 Å². The minimum atomic E-state index is -0.484.